The molecule has 0 bridgehead atoms. The predicted molar refractivity (Wildman–Crippen MR) is 259 cm³/mol. The third kappa shape index (κ3) is 14.4. The molecule has 2 aliphatic heterocycles. The van der Waals surface area contributed by atoms with E-state index in [2.05, 4.69) is 6.58 Å². The minimum atomic E-state index is -1.32. The number of ether oxygens (including phenoxy) is 11. The van der Waals surface area contributed by atoms with E-state index < -0.39 is 61.4 Å². The first-order valence-corrected chi connectivity index (χ1v) is 23.4. The summed E-state index contributed by atoms with van der Waals surface area (Å²) in [6, 6.07) is 56.6. The van der Waals surface area contributed by atoms with Crippen LogP contribution in [0.15, 0.2) is 189 Å². The van der Waals surface area contributed by atoms with Crippen LogP contribution in [0, 0.1) is 0 Å². The molecule has 0 aliphatic carbocycles. The average Bonchev–Trinajstić information content (AvgIpc) is 3.40. The van der Waals surface area contributed by atoms with Crippen molar-refractivity contribution in [2.24, 2.45) is 0 Å². The molecular formula is C57H62O12. The molecule has 362 valence electrons. The van der Waals surface area contributed by atoms with Gasteiger partial charge in [0.2, 0.25) is 0 Å². The van der Waals surface area contributed by atoms with Crippen molar-refractivity contribution >= 4 is 0 Å². The van der Waals surface area contributed by atoms with Crippen LogP contribution in [0.1, 0.15) is 27.8 Å². The Morgan fingerprint density at radius 3 is 1.35 bits per heavy atom. The summed E-state index contributed by atoms with van der Waals surface area (Å²) in [7, 11) is 1.60. The molecule has 2 aliphatic rings. The van der Waals surface area contributed by atoms with Crippen molar-refractivity contribution in [2.45, 2.75) is 94.4 Å². The first-order chi connectivity index (χ1) is 34.0. The summed E-state index contributed by atoms with van der Waals surface area (Å²) < 4.78 is 72.6. The van der Waals surface area contributed by atoms with E-state index >= 15 is 0 Å². The van der Waals surface area contributed by atoms with Crippen molar-refractivity contribution in [3.8, 4) is 11.5 Å². The maximum absolute atomic E-state index is 12.6. The monoisotopic (exact) mass is 938 g/mol. The first kappa shape index (κ1) is 49.7. The Bertz CT molecular complexity index is 2340. The lowest BCUT2D eigenvalue weighted by atomic mass is 9.96. The van der Waals surface area contributed by atoms with Gasteiger partial charge in [0.05, 0.1) is 53.4 Å². The maximum Gasteiger partial charge on any atom is 0.187 e. The van der Waals surface area contributed by atoms with Gasteiger partial charge in [-0.3, -0.25) is 0 Å². The van der Waals surface area contributed by atoms with Crippen LogP contribution < -0.4 is 9.47 Å². The quantitative estimate of drug-likeness (QED) is 0.0552. The van der Waals surface area contributed by atoms with Gasteiger partial charge < -0.3 is 57.2 Å². The Morgan fingerprint density at radius 1 is 0.449 bits per heavy atom. The van der Waals surface area contributed by atoms with Gasteiger partial charge in [0.1, 0.15) is 66.9 Å². The largest absolute Gasteiger partial charge is 0.497 e. The van der Waals surface area contributed by atoms with Crippen LogP contribution in [0.5, 0.6) is 11.5 Å². The summed E-state index contributed by atoms with van der Waals surface area (Å²) in [4.78, 5) is 0. The number of rotatable bonds is 25. The zero-order valence-corrected chi connectivity index (χ0v) is 38.9. The normalized spacial score (nSPS) is 24.6. The summed E-state index contributed by atoms with van der Waals surface area (Å²) in [6.45, 7) is 5.24. The third-order valence-electron chi connectivity index (χ3n) is 11.9. The molecule has 6 aromatic carbocycles. The molecule has 0 spiro atoms. The van der Waals surface area contributed by atoms with Crippen LogP contribution >= 0.6 is 0 Å². The highest BCUT2D eigenvalue weighted by Gasteiger charge is 2.54. The van der Waals surface area contributed by atoms with Gasteiger partial charge >= 0.3 is 0 Å². The molecular weight excluding hydrogens is 877 g/mol. The Morgan fingerprint density at radius 2 is 0.870 bits per heavy atom. The van der Waals surface area contributed by atoms with E-state index in [0.29, 0.717) is 18.1 Å². The van der Waals surface area contributed by atoms with Gasteiger partial charge in [-0.2, -0.15) is 0 Å². The summed E-state index contributed by atoms with van der Waals surface area (Å²) >= 11 is 0. The van der Waals surface area contributed by atoms with Crippen LogP contribution in [0.4, 0.5) is 0 Å². The Kier molecular flexibility index (Phi) is 18.9. The fraction of sp³-hybridized carbons (Fsp3) is 0.333. The van der Waals surface area contributed by atoms with Crippen LogP contribution in [0.3, 0.4) is 0 Å². The molecule has 69 heavy (non-hydrogen) atoms. The van der Waals surface area contributed by atoms with Crippen molar-refractivity contribution in [2.75, 3.05) is 26.9 Å². The van der Waals surface area contributed by atoms with E-state index in [1.807, 2.05) is 152 Å². The Balaban J connectivity index is 1.16. The number of methoxy groups -OCH3 is 1. The van der Waals surface area contributed by atoms with E-state index in [1.165, 1.54) is 0 Å². The zero-order valence-electron chi connectivity index (χ0n) is 38.9. The Hall–Kier alpha value is -5.74. The average molecular weight is 939 g/mol. The molecule has 8 rings (SSSR count). The Labute approximate surface area is 405 Å². The molecule has 2 saturated heterocycles. The molecule has 12 nitrogen and oxygen atoms in total. The van der Waals surface area contributed by atoms with Gasteiger partial charge in [-0.25, -0.2) is 0 Å². The number of benzene rings is 6. The van der Waals surface area contributed by atoms with Crippen molar-refractivity contribution < 1.29 is 57.2 Å². The molecule has 6 aromatic rings. The lowest BCUT2D eigenvalue weighted by Crippen LogP contribution is -2.66. The summed E-state index contributed by atoms with van der Waals surface area (Å²) in [5, 5.41) is 12.6. The van der Waals surface area contributed by atoms with E-state index in [1.54, 1.807) is 37.5 Å². The molecule has 12 heteroatoms. The van der Waals surface area contributed by atoms with Crippen LogP contribution in [-0.2, 0) is 75.7 Å². The molecule has 2 fully saturated rings. The minimum absolute atomic E-state index is 0.0552. The second kappa shape index (κ2) is 26.3. The number of hydrogen-bond donors (Lipinski definition) is 1. The van der Waals surface area contributed by atoms with Crippen LogP contribution in [0.25, 0.3) is 0 Å². The van der Waals surface area contributed by atoms with Gasteiger partial charge in [-0.1, -0.05) is 158 Å². The summed E-state index contributed by atoms with van der Waals surface area (Å²) in [5.41, 5.74) is 4.76. The number of hydrogen-bond acceptors (Lipinski definition) is 12. The fourth-order valence-corrected chi connectivity index (χ4v) is 8.29. The molecule has 10 atom stereocenters. The maximum atomic E-state index is 12.6. The molecule has 0 saturated carbocycles. The standard InChI is InChI=1S/C57H62O12/c1-3-33-61-56-54(65-37-44-25-15-7-16-26-44)52(50(58)48(67-56)40-62-47-31-29-46(59-2)30-32-47)69-57-55(66-38-45-27-17-8-18-28-45)53(64-36-43-23-13-6-14-24-43)51(63-35-42-21-11-5-12-22-42)49(68-57)39-60-34-41-19-9-4-10-20-41/h3-32,48-58H,1,33-40H2,2H3/t48-,49-,50-,51-,52+,53+,54-,55-,56+,57+/m1/s1. The molecule has 0 amide bonds. The SMILES string of the molecule is C=CCO[C@H]1O[C@H](COc2ccc(OC)cc2)[C@@H](O)[C@H](O[C@@H]2O[C@H](COCc3ccccc3)[C@@H](OCc3ccccc3)[C@H](OCc3ccccc3)[C@H]2OCc2ccccc2)[C@H]1OCc1ccccc1. The van der Waals surface area contributed by atoms with Gasteiger partial charge in [-0.15, -0.1) is 6.58 Å². The van der Waals surface area contributed by atoms with Gasteiger partial charge in [-0.05, 0) is 52.1 Å². The summed E-state index contributed by atoms with van der Waals surface area (Å²) in [6.07, 6.45) is -8.15. The second-order valence-corrected chi connectivity index (χ2v) is 16.8. The van der Waals surface area contributed by atoms with E-state index in [9.17, 15) is 5.11 Å². The first-order valence-electron chi connectivity index (χ1n) is 23.4. The van der Waals surface area contributed by atoms with Crippen LogP contribution in [0.2, 0.25) is 0 Å². The van der Waals surface area contributed by atoms with E-state index in [4.69, 9.17) is 52.1 Å². The molecule has 1 N–H and O–H groups in total. The van der Waals surface area contributed by atoms with E-state index in [-0.39, 0.29) is 46.2 Å². The number of aliphatic hydroxyl groups is 1. The van der Waals surface area contributed by atoms with Gasteiger partial charge in [0.25, 0.3) is 0 Å². The molecule has 0 unspecified atom stereocenters. The second-order valence-electron chi connectivity index (χ2n) is 16.8. The highest BCUT2D eigenvalue weighted by atomic mass is 16.8. The van der Waals surface area contributed by atoms with Crippen LogP contribution in [-0.4, -0.2) is 93.4 Å². The van der Waals surface area contributed by atoms with E-state index in [0.717, 1.165) is 27.8 Å². The minimum Gasteiger partial charge on any atom is -0.497 e. The zero-order chi connectivity index (χ0) is 47.5. The van der Waals surface area contributed by atoms with Crippen molar-refractivity contribution in [3.63, 3.8) is 0 Å². The van der Waals surface area contributed by atoms with Crippen molar-refractivity contribution in [1.82, 2.24) is 0 Å². The highest BCUT2D eigenvalue weighted by molar-refractivity contribution is 5.31. The predicted octanol–water partition coefficient (Wildman–Crippen LogP) is 9.03. The molecule has 0 radical (unpaired) electrons. The topological polar surface area (TPSA) is 122 Å². The van der Waals surface area contributed by atoms with Gasteiger partial charge in [0.15, 0.2) is 12.6 Å². The van der Waals surface area contributed by atoms with Gasteiger partial charge in [0, 0.05) is 0 Å². The fourth-order valence-electron chi connectivity index (χ4n) is 8.29. The lowest BCUT2D eigenvalue weighted by Gasteiger charge is -2.49. The smallest absolute Gasteiger partial charge is 0.187 e. The van der Waals surface area contributed by atoms with Crippen molar-refractivity contribution in [1.29, 1.82) is 0 Å². The highest BCUT2D eigenvalue weighted by Crippen LogP contribution is 2.36. The summed E-state index contributed by atoms with van der Waals surface area (Å²) in [5.74, 6) is 1.23. The third-order valence-corrected chi connectivity index (χ3v) is 11.9. The number of aliphatic hydroxyl groups excluding tert-OH is 1. The molecule has 0 aromatic heterocycles. The van der Waals surface area contributed by atoms with Crippen molar-refractivity contribution in [3.05, 3.63) is 216 Å². The lowest BCUT2D eigenvalue weighted by molar-refractivity contribution is -0.374. The molecule has 2 heterocycles.